The number of nitriles is 2. The van der Waals surface area contributed by atoms with Crippen molar-refractivity contribution in [2.75, 3.05) is 0 Å². The molecule has 0 aliphatic rings. The van der Waals surface area contributed by atoms with Crippen LogP contribution in [0.25, 0.3) is 33.8 Å². The van der Waals surface area contributed by atoms with Crippen LogP contribution in [0.2, 0.25) is 0 Å². The molecule has 164 valence electrons. The molecule has 0 fully saturated rings. The van der Waals surface area contributed by atoms with Gasteiger partial charge in [-0.15, -0.1) is 0 Å². The van der Waals surface area contributed by atoms with Crippen molar-refractivity contribution in [2.24, 2.45) is 0 Å². The molecule has 6 heteroatoms. The topological polar surface area (TPSA) is 82.2 Å². The van der Waals surface area contributed by atoms with Gasteiger partial charge in [-0.3, -0.25) is 0 Å². The first-order valence-corrected chi connectivity index (χ1v) is 11.2. The zero-order valence-corrected chi connectivity index (χ0v) is 18.6. The highest BCUT2D eigenvalue weighted by molar-refractivity contribution is 5.71. The van der Waals surface area contributed by atoms with Crippen molar-refractivity contribution >= 4 is 11.3 Å². The fourth-order valence-corrected chi connectivity index (χ4v) is 4.46. The second-order valence-electron chi connectivity index (χ2n) is 8.23. The van der Waals surface area contributed by atoms with Crippen molar-refractivity contribution in [3.63, 3.8) is 0 Å². The van der Waals surface area contributed by atoms with Crippen LogP contribution in [-0.4, -0.2) is 18.8 Å². The molecule has 0 bridgehead atoms. The molecular weight excluding hydrogens is 432 g/mol. The Bertz CT molecular complexity index is 1640. The van der Waals surface area contributed by atoms with Gasteiger partial charge in [-0.2, -0.15) is 10.5 Å². The van der Waals surface area contributed by atoms with Crippen LogP contribution in [-0.2, 0) is 6.42 Å². The molecule has 0 radical (unpaired) electrons. The van der Waals surface area contributed by atoms with E-state index in [-0.39, 0.29) is 0 Å². The van der Waals surface area contributed by atoms with E-state index in [4.69, 9.17) is 9.97 Å². The summed E-state index contributed by atoms with van der Waals surface area (Å²) in [5.41, 5.74) is 8.67. The lowest BCUT2D eigenvalue weighted by Crippen LogP contribution is -2.01. The average molecular weight is 451 g/mol. The number of nitrogens with zero attached hydrogens (tertiary/aromatic N) is 6. The molecule has 0 aliphatic carbocycles. The van der Waals surface area contributed by atoms with Gasteiger partial charge in [0.05, 0.1) is 46.0 Å². The first-order chi connectivity index (χ1) is 17.2. The van der Waals surface area contributed by atoms with Gasteiger partial charge in [-0.05, 0) is 48.5 Å². The zero-order valence-electron chi connectivity index (χ0n) is 18.6. The number of aromatic nitrogens is 4. The number of imidazole rings is 2. The number of pyridine rings is 2. The Morgan fingerprint density at radius 1 is 0.571 bits per heavy atom. The standard InChI is InChI=1S/C29H18N6/c30-18-20-7-11-22(12-8-20)28-24(34-15-3-1-5-26(34)32-28)17-25-29(23-13-9-21(19-31)10-14-23)33-27-6-2-4-16-35(25)27/h1-16H,17H2. The minimum atomic E-state index is 0.584. The highest BCUT2D eigenvalue weighted by atomic mass is 15.0. The Balaban J connectivity index is 1.56. The normalized spacial score (nSPS) is 10.9. The molecule has 0 aliphatic heterocycles. The van der Waals surface area contributed by atoms with E-state index in [1.54, 1.807) is 0 Å². The highest BCUT2D eigenvalue weighted by Crippen LogP contribution is 2.31. The first-order valence-electron chi connectivity index (χ1n) is 11.2. The molecular formula is C29H18N6. The molecule has 4 aromatic heterocycles. The monoisotopic (exact) mass is 450 g/mol. The number of rotatable bonds is 4. The van der Waals surface area contributed by atoms with Gasteiger partial charge in [-0.25, -0.2) is 9.97 Å². The summed E-state index contributed by atoms with van der Waals surface area (Å²) in [5, 5.41) is 18.4. The van der Waals surface area contributed by atoms with Gasteiger partial charge in [0.15, 0.2) is 0 Å². The van der Waals surface area contributed by atoms with E-state index in [1.165, 1.54) is 0 Å². The zero-order chi connectivity index (χ0) is 23.8. The summed E-state index contributed by atoms with van der Waals surface area (Å²) in [6.07, 6.45) is 4.63. The first kappa shape index (κ1) is 20.4. The lowest BCUT2D eigenvalue weighted by atomic mass is 10.0. The van der Waals surface area contributed by atoms with Crippen molar-refractivity contribution in [3.05, 3.63) is 120 Å². The second-order valence-corrected chi connectivity index (χ2v) is 8.23. The van der Waals surface area contributed by atoms with E-state index in [0.29, 0.717) is 17.5 Å². The number of hydrogen-bond donors (Lipinski definition) is 0. The summed E-state index contributed by atoms with van der Waals surface area (Å²) >= 11 is 0. The third-order valence-corrected chi connectivity index (χ3v) is 6.17. The summed E-state index contributed by atoms with van der Waals surface area (Å²) in [7, 11) is 0. The highest BCUT2D eigenvalue weighted by Gasteiger charge is 2.20. The lowest BCUT2D eigenvalue weighted by Gasteiger charge is -2.09. The van der Waals surface area contributed by atoms with Crippen LogP contribution in [0.15, 0.2) is 97.3 Å². The Morgan fingerprint density at radius 3 is 1.40 bits per heavy atom. The smallest absolute Gasteiger partial charge is 0.137 e. The summed E-state index contributed by atoms with van der Waals surface area (Å²) in [5.74, 6) is 0. The maximum Gasteiger partial charge on any atom is 0.137 e. The molecule has 2 aromatic carbocycles. The third kappa shape index (κ3) is 3.51. The SMILES string of the molecule is N#Cc1ccc(-c2nc3ccccn3c2Cc2c(-c3ccc(C#N)cc3)nc3ccccn23)cc1. The molecule has 0 saturated heterocycles. The average Bonchev–Trinajstić information content (AvgIpc) is 3.48. The molecule has 4 heterocycles. The molecule has 0 spiro atoms. The summed E-state index contributed by atoms with van der Waals surface area (Å²) in [6, 6.07) is 31.3. The minimum absolute atomic E-state index is 0.584. The maximum absolute atomic E-state index is 9.21. The van der Waals surface area contributed by atoms with E-state index in [2.05, 4.69) is 20.9 Å². The minimum Gasteiger partial charge on any atom is -0.303 e. The van der Waals surface area contributed by atoms with Gasteiger partial charge in [-0.1, -0.05) is 36.4 Å². The molecule has 0 atom stereocenters. The molecule has 6 nitrogen and oxygen atoms in total. The van der Waals surface area contributed by atoms with Crippen LogP contribution >= 0.6 is 0 Å². The summed E-state index contributed by atoms with van der Waals surface area (Å²) in [6.45, 7) is 0. The lowest BCUT2D eigenvalue weighted by molar-refractivity contribution is 0.964. The quantitative estimate of drug-likeness (QED) is 0.347. The number of hydrogen-bond acceptors (Lipinski definition) is 4. The Morgan fingerprint density at radius 2 is 1.00 bits per heavy atom. The van der Waals surface area contributed by atoms with Crippen LogP contribution in [0.1, 0.15) is 22.5 Å². The fraction of sp³-hybridized carbons (Fsp3) is 0.0345. The van der Waals surface area contributed by atoms with Crippen molar-refractivity contribution in [3.8, 4) is 34.7 Å². The third-order valence-electron chi connectivity index (χ3n) is 6.17. The van der Waals surface area contributed by atoms with Crippen LogP contribution in [0.5, 0.6) is 0 Å². The number of fused-ring (bicyclic) bond motifs is 2. The predicted octanol–water partition coefficient (Wildman–Crippen LogP) is 5.65. The van der Waals surface area contributed by atoms with E-state index < -0.39 is 0 Å². The Labute approximate surface area is 201 Å². The molecule has 0 saturated carbocycles. The number of benzene rings is 2. The molecule has 6 aromatic rings. The van der Waals surface area contributed by atoms with Gasteiger partial charge >= 0.3 is 0 Å². The van der Waals surface area contributed by atoms with Gasteiger partial charge in [0.1, 0.15) is 11.3 Å². The molecule has 0 N–H and O–H groups in total. The summed E-state index contributed by atoms with van der Waals surface area (Å²) < 4.78 is 4.22. The van der Waals surface area contributed by atoms with Gasteiger partial charge < -0.3 is 8.80 Å². The van der Waals surface area contributed by atoms with Gasteiger partial charge in [0.2, 0.25) is 0 Å². The van der Waals surface area contributed by atoms with Crippen molar-refractivity contribution < 1.29 is 0 Å². The van der Waals surface area contributed by atoms with E-state index in [9.17, 15) is 10.5 Å². The van der Waals surface area contributed by atoms with Crippen molar-refractivity contribution in [1.29, 1.82) is 10.5 Å². The van der Waals surface area contributed by atoms with Crippen molar-refractivity contribution in [1.82, 2.24) is 18.8 Å². The second kappa shape index (κ2) is 8.30. The molecule has 35 heavy (non-hydrogen) atoms. The molecule has 0 amide bonds. The van der Waals surface area contributed by atoms with E-state index in [1.807, 2.05) is 97.3 Å². The van der Waals surface area contributed by atoms with E-state index in [0.717, 1.165) is 45.2 Å². The van der Waals surface area contributed by atoms with Crippen LogP contribution < -0.4 is 0 Å². The molecule has 0 unspecified atom stereocenters. The van der Waals surface area contributed by atoms with Crippen LogP contribution in [0, 0.1) is 22.7 Å². The van der Waals surface area contributed by atoms with Gasteiger partial charge in [0, 0.05) is 29.9 Å². The molecule has 6 rings (SSSR count). The fourth-order valence-electron chi connectivity index (χ4n) is 4.46. The Hall–Kier alpha value is -5.20. The van der Waals surface area contributed by atoms with Gasteiger partial charge in [0.25, 0.3) is 0 Å². The maximum atomic E-state index is 9.21. The van der Waals surface area contributed by atoms with Crippen LogP contribution in [0.4, 0.5) is 0 Å². The van der Waals surface area contributed by atoms with Crippen LogP contribution in [0.3, 0.4) is 0 Å². The van der Waals surface area contributed by atoms with Crippen molar-refractivity contribution in [2.45, 2.75) is 6.42 Å². The largest absolute Gasteiger partial charge is 0.303 e. The Kier molecular flexibility index (Phi) is 4.84. The summed E-state index contributed by atoms with van der Waals surface area (Å²) in [4.78, 5) is 9.88. The predicted molar refractivity (Wildman–Crippen MR) is 133 cm³/mol. The van der Waals surface area contributed by atoms with E-state index >= 15 is 0 Å².